The molecule has 0 aliphatic rings. The molecule has 0 saturated heterocycles. The maximum atomic E-state index is 12.3. The third-order valence-corrected chi connectivity index (χ3v) is 5.78. The lowest BCUT2D eigenvalue weighted by Gasteiger charge is -2.13. The van der Waals surface area contributed by atoms with E-state index in [-0.39, 0.29) is 12.3 Å². The molecule has 1 N–H and O–H groups in total. The first-order chi connectivity index (χ1) is 12.8. The lowest BCUT2D eigenvalue weighted by molar-refractivity contribution is -0.115. The lowest BCUT2D eigenvalue weighted by atomic mass is 10.1. The highest BCUT2D eigenvalue weighted by molar-refractivity contribution is 7.99. The minimum absolute atomic E-state index is 0.137. The number of benzene rings is 1. The summed E-state index contributed by atoms with van der Waals surface area (Å²) in [6.07, 6.45) is 0.286. The number of anilines is 1. The van der Waals surface area contributed by atoms with Crippen molar-refractivity contribution in [1.29, 1.82) is 5.26 Å². The quantitative estimate of drug-likeness (QED) is 0.689. The first-order valence-electron chi connectivity index (χ1n) is 8.43. The molecule has 0 unspecified atom stereocenters. The minimum atomic E-state index is -0.137. The van der Waals surface area contributed by atoms with Crippen molar-refractivity contribution in [1.82, 2.24) is 4.98 Å². The normalized spacial score (nSPS) is 10.4. The summed E-state index contributed by atoms with van der Waals surface area (Å²) in [6.45, 7) is 7.68. The van der Waals surface area contributed by atoms with Crippen molar-refractivity contribution >= 4 is 35.0 Å². The molecular formula is C20H22ClN3O2S. The zero-order valence-electron chi connectivity index (χ0n) is 16.1. The van der Waals surface area contributed by atoms with Crippen molar-refractivity contribution in [3.63, 3.8) is 0 Å². The monoisotopic (exact) mass is 403 g/mol. The molecule has 5 nitrogen and oxygen atoms in total. The van der Waals surface area contributed by atoms with Gasteiger partial charge in [0.2, 0.25) is 5.91 Å². The first-order valence-corrected chi connectivity index (χ1v) is 9.79. The van der Waals surface area contributed by atoms with Gasteiger partial charge in [0.05, 0.1) is 18.4 Å². The molecule has 0 atom stereocenters. The number of pyridine rings is 1. The highest BCUT2D eigenvalue weighted by atomic mass is 35.5. The molecular weight excluding hydrogens is 382 g/mol. The Morgan fingerprint density at radius 3 is 2.63 bits per heavy atom. The second kappa shape index (κ2) is 9.12. The van der Waals surface area contributed by atoms with Crippen molar-refractivity contribution in [3.05, 3.63) is 45.1 Å². The number of thioether (sulfide) groups is 1. The van der Waals surface area contributed by atoms with Crippen LogP contribution in [0.5, 0.6) is 5.75 Å². The Bertz CT molecular complexity index is 923. The van der Waals surface area contributed by atoms with Gasteiger partial charge in [0, 0.05) is 29.0 Å². The summed E-state index contributed by atoms with van der Waals surface area (Å²) in [5, 5.41) is 13.5. The molecule has 1 aromatic carbocycles. The highest BCUT2D eigenvalue weighted by Gasteiger charge is 2.14. The number of aryl methyl sites for hydroxylation is 2. The van der Waals surface area contributed by atoms with E-state index in [0.717, 1.165) is 22.4 Å². The fraction of sp³-hybridized carbons (Fsp3) is 0.350. The van der Waals surface area contributed by atoms with Gasteiger partial charge in [-0.05, 0) is 50.5 Å². The number of halogens is 1. The van der Waals surface area contributed by atoms with E-state index in [2.05, 4.69) is 16.4 Å². The van der Waals surface area contributed by atoms with Gasteiger partial charge in [0.25, 0.3) is 0 Å². The number of carbonyl (C=O) groups excluding carboxylic acids is 1. The average Bonchev–Trinajstić information content (AvgIpc) is 2.63. The number of aromatic nitrogens is 1. The molecule has 0 spiro atoms. The van der Waals surface area contributed by atoms with Gasteiger partial charge in [-0.2, -0.15) is 5.26 Å². The third kappa shape index (κ3) is 4.94. The molecule has 0 fully saturated rings. The van der Waals surface area contributed by atoms with Crippen LogP contribution in [0, 0.1) is 39.0 Å². The van der Waals surface area contributed by atoms with Crippen LogP contribution in [0.1, 0.15) is 34.4 Å². The van der Waals surface area contributed by atoms with Crippen LogP contribution in [-0.4, -0.2) is 23.8 Å². The predicted molar refractivity (Wildman–Crippen MR) is 110 cm³/mol. The van der Waals surface area contributed by atoms with Crippen LogP contribution in [0.3, 0.4) is 0 Å². The number of nitrogens with one attached hydrogen (secondary N) is 1. The summed E-state index contributed by atoms with van der Waals surface area (Å²) < 4.78 is 5.27. The molecule has 1 heterocycles. The number of rotatable bonds is 6. The van der Waals surface area contributed by atoms with Gasteiger partial charge >= 0.3 is 0 Å². The van der Waals surface area contributed by atoms with Crippen LogP contribution >= 0.6 is 23.4 Å². The average molecular weight is 404 g/mol. The molecule has 0 aliphatic carbocycles. The zero-order chi connectivity index (χ0) is 20.1. The maximum Gasteiger partial charge on any atom is 0.225 e. The largest absolute Gasteiger partial charge is 0.495 e. The number of ether oxygens (including phenoxy) is 1. The molecule has 1 aromatic heterocycles. The summed E-state index contributed by atoms with van der Waals surface area (Å²) >= 11 is 7.50. The highest BCUT2D eigenvalue weighted by Crippen LogP contribution is 2.31. The van der Waals surface area contributed by atoms with E-state index in [1.807, 2.05) is 27.7 Å². The van der Waals surface area contributed by atoms with Gasteiger partial charge in [-0.1, -0.05) is 11.6 Å². The van der Waals surface area contributed by atoms with Crippen LogP contribution < -0.4 is 10.1 Å². The fourth-order valence-corrected chi connectivity index (χ4v) is 3.71. The van der Waals surface area contributed by atoms with Crippen molar-refractivity contribution in [2.45, 2.75) is 39.1 Å². The smallest absolute Gasteiger partial charge is 0.225 e. The number of nitrogens with zero attached hydrogens (tertiary/aromatic N) is 2. The summed E-state index contributed by atoms with van der Waals surface area (Å²) in [7, 11) is 1.53. The third-order valence-electron chi connectivity index (χ3n) is 4.40. The van der Waals surface area contributed by atoms with Gasteiger partial charge < -0.3 is 10.1 Å². The van der Waals surface area contributed by atoms with Crippen LogP contribution in [0.4, 0.5) is 5.69 Å². The van der Waals surface area contributed by atoms with Crippen LogP contribution in [0.15, 0.2) is 17.2 Å². The molecule has 27 heavy (non-hydrogen) atoms. The first kappa shape index (κ1) is 21.1. The van der Waals surface area contributed by atoms with Gasteiger partial charge in [0.15, 0.2) is 0 Å². The second-order valence-corrected chi connectivity index (χ2v) is 7.68. The molecule has 0 radical (unpaired) electrons. The molecule has 142 valence electrons. The maximum absolute atomic E-state index is 12.3. The lowest BCUT2D eigenvalue weighted by Crippen LogP contribution is -2.13. The number of hydrogen-bond acceptors (Lipinski definition) is 5. The van der Waals surface area contributed by atoms with Gasteiger partial charge in [-0.3, -0.25) is 4.79 Å². The standard InChI is InChI=1S/C20H22ClN3O2S/c1-11-8-17(18(26-5)9-16(11)21)24-19(25)6-7-27-20-15(10-22)13(3)12(2)14(4)23-20/h8-9H,6-7H2,1-5H3,(H,24,25). The Labute approximate surface area is 169 Å². The molecule has 0 saturated carbocycles. The van der Waals surface area contributed by atoms with E-state index in [4.69, 9.17) is 16.3 Å². The predicted octanol–water partition coefficient (Wildman–Crippen LogP) is 4.97. The van der Waals surface area contributed by atoms with E-state index in [9.17, 15) is 10.1 Å². The Morgan fingerprint density at radius 1 is 1.30 bits per heavy atom. The van der Waals surface area contributed by atoms with Gasteiger partial charge in [-0.25, -0.2) is 4.98 Å². The number of hydrogen-bond donors (Lipinski definition) is 1. The Balaban J connectivity index is 2.04. The molecule has 2 aromatic rings. The Hall–Kier alpha value is -2.23. The Kier molecular flexibility index (Phi) is 7.11. The number of amides is 1. The number of nitriles is 1. The van der Waals surface area contributed by atoms with Crippen LogP contribution in [0.2, 0.25) is 5.02 Å². The van der Waals surface area contributed by atoms with Crippen molar-refractivity contribution in [2.75, 3.05) is 18.2 Å². The van der Waals surface area contributed by atoms with Crippen LogP contribution in [-0.2, 0) is 4.79 Å². The summed E-state index contributed by atoms with van der Waals surface area (Å²) in [5.74, 6) is 0.899. The van der Waals surface area contributed by atoms with E-state index in [0.29, 0.717) is 32.8 Å². The summed E-state index contributed by atoms with van der Waals surface area (Å²) in [4.78, 5) is 16.8. The van der Waals surface area contributed by atoms with Crippen molar-refractivity contribution in [2.24, 2.45) is 0 Å². The van der Waals surface area contributed by atoms with Crippen molar-refractivity contribution in [3.8, 4) is 11.8 Å². The molecule has 1 amide bonds. The SMILES string of the molecule is COc1cc(Cl)c(C)cc1NC(=O)CCSc1nc(C)c(C)c(C)c1C#N. The summed E-state index contributed by atoms with van der Waals surface area (Å²) in [6, 6.07) is 5.69. The topological polar surface area (TPSA) is 75.0 Å². The zero-order valence-corrected chi connectivity index (χ0v) is 17.6. The van der Waals surface area contributed by atoms with E-state index >= 15 is 0 Å². The van der Waals surface area contributed by atoms with E-state index in [1.165, 1.54) is 18.9 Å². The van der Waals surface area contributed by atoms with E-state index < -0.39 is 0 Å². The molecule has 2 rings (SSSR count). The summed E-state index contributed by atoms with van der Waals surface area (Å²) in [5.41, 5.74) is 4.90. The molecule has 7 heteroatoms. The van der Waals surface area contributed by atoms with Crippen LogP contribution in [0.25, 0.3) is 0 Å². The molecule has 0 aliphatic heterocycles. The molecule has 0 bridgehead atoms. The number of carbonyl (C=O) groups is 1. The Morgan fingerprint density at radius 2 is 2.00 bits per heavy atom. The number of methoxy groups -OCH3 is 1. The minimum Gasteiger partial charge on any atom is -0.495 e. The van der Waals surface area contributed by atoms with E-state index in [1.54, 1.807) is 12.1 Å². The second-order valence-electron chi connectivity index (χ2n) is 6.19. The fourth-order valence-electron chi connectivity index (χ4n) is 2.53. The van der Waals surface area contributed by atoms with Crippen molar-refractivity contribution < 1.29 is 9.53 Å². The van der Waals surface area contributed by atoms with Gasteiger partial charge in [-0.15, -0.1) is 11.8 Å². The van der Waals surface area contributed by atoms with Gasteiger partial charge in [0.1, 0.15) is 16.8 Å².